The van der Waals surface area contributed by atoms with Gasteiger partial charge in [0.1, 0.15) is 4.99 Å². The molecule has 0 spiro atoms. The number of benzene rings is 1. The number of anilines is 1. The second-order valence-corrected chi connectivity index (χ2v) is 5.23. The number of hydrogen-bond donors (Lipinski definition) is 1. The van der Waals surface area contributed by atoms with Gasteiger partial charge in [0.05, 0.1) is 0 Å². The lowest BCUT2D eigenvalue weighted by Crippen LogP contribution is -2.18. The van der Waals surface area contributed by atoms with Crippen LogP contribution in [-0.2, 0) is 0 Å². The van der Waals surface area contributed by atoms with Gasteiger partial charge in [-0.3, -0.25) is 0 Å². The van der Waals surface area contributed by atoms with E-state index in [1.54, 1.807) is 11.8 Å². The molecule has 0 atom stereocenters. The molecule has 0 aliphatic carbocycles. The van der Waals surface area contributed by atoms with Crippen LogP contribution in [0.2, 0.25) is 0 Å². The van der Waals surface area contributed by atoms with Gasteiger partial charge in [0.15, 0.2) is 0 Å². The zero-order chi connectivity index (χ0) is 11.5. The molecule has 1 fully saturated rings. The summed E-state index contributed by atoms with van der Waals surface area (Å²) in [4.78, 5) is 4.08. The van der Waals surface area contributed by atoms with Gasteiger partial charge in [0, 0.05) is 29.2 Å². The Morgan fingerprint density at radius 3 is 2.62 bits per heavy atom. The predicted octanol–water partition coefficient (Wildman–Crippen LogP) is 2.64. The summed E-state index contributed by atoms with van der Waals surface area (Å²) in [6.45, 7) is 2.33. The highest BCUT2D eigenvalue weighted by molar-refractivity contribution is 7.98. The molecule has 1 aliphatic heterocycles. The Bertz CT molecular complexity index is 398. The molecule has 0 aromatic heterocycles. The maximum atomic E-state index is 5.70. The van der Waals surface area contributed by atoms with Gasteiger partial charge in [-0.1, -0.05) is 12.2 Å². The molecule has 16 heavy (non-hydrogen) atoms. The van der Waals surface area contributed by atoms with Gasteiger partial charge in [0.2, 0.25) is 0 Å². The first-order valence-corrected chi connectivity index (χ1v) is 7.08. The summed E-state index contributed by atoms with van der Waals surface area (Å²) < 4.78 is 0. The van der Waals surface area contributed by atoms with Gasteiger partial charge in [-0.2, -0.15) is 0 Å². The maximum absolute atomic E-state index is 5.70. The average molecular weight is 252 g/mol. The van der Waals surface area contributed by atoms with Crippen molar-refractivity contribution in [1.82, 2.24) is 0 Å². The van der Waals surface area contributed by atoms with Crippen molar-refractivity contribution in [3.63, 3.8) is 0 Å². The molecular formula is C12H16N2S2. The topological polar surface area (TPSA) is 29.3 Å². The van der Waals surface area contributed by atoms with Gasteiger partial charge in [-0.05, 0) is 37.3 Å². The zero-order valence-corrected chi connectivity index (χ0v) is 11.0. The lowest BCUT2D eigenvalue weighted by molar-refractivity contribution is 0.949. The summed E-state index contributed by atoms with van der Waals surface area (Å²) in [5.41, 5.74) is 7.98. The van der Waals surface area contributed by atoms with Crippen LogP contribution in [0.5, 0.6) is 0 Å². The van der Waals surface area contributed by atoms with E-state index in [2.05, 4.69) is 23.3 Å². The minimum atomic E-state index is 0.484. The first-order chi connectivity index (χ1) is 7.72. The average Bonchev–Trinajstić information content (AvgIpc) is 2.81. The molecule has 0 saturated carbocycles. The lowest BCUT2D eigenvalue weighted by Gasteiger charge is -2.19. The molecule has 0 unspecified atom stereocenters. The van der Waals surface area contributed by atoms with E-state index in [4.69, 9.17) is 18.0 Å². The van der Waals surface area contributed by atoms with E-state index in [1.807, 2.05) is 6.07 Å². The third kappa shape index (κ3) is 2.33. The number of thioether (sulfide) groups is 1. The standard InChI is InChI=1S/C12H16N2S2/c1-16-11-8-9(14-6-2-3-7-14)4-5-10(11)12(13)15/h4-5,8H,2-3,6-7H2,1H3,(H2,13,15). The van der Waals surface area contributed by atoms with Gasteiger partial charge >= 0.3 is 0 Å². The van der Waals surface area contributed by atoms with E-state index in [-0.39, 0.29) is 0 Å². The highest BCUT2D eigenvalue weighted by Gasteiger charge is 2.14. The van der Waals surface area contributed by atoms with Gasteiger partial charge in [0.25, 0.3) is 0 Å². The Balaban J connectivity index is 2.32. The third-order valence-corrected chi connectivity index (χ3v) is 3.92. The van der Waals surface area contributed by atoms with E-state index in [9.17, 15) is 0 Å². The monoisotopic (exact) mass is 252 g/mol. The van der Waals surface area contributed by atoms with E-state index in [0.29, 0.717) is 4.99 Å². The third-order valence-electron chi connectivity index (χ3n) is 2.92. The van der Waals surface area contributed by atoms with Crippen molar-refractivity contribution in [2.45, 2.75) is 17.7 Å². The summed E-state index contributed by atoms with van der Waals surface area (Å²) in [5, 5.41) is 0. The Morgan fingerprint density at radius 1 is 1.38 bits per heavy atom. The number of nitrogens with two attached hydrogens (primary N) is 1. The van der Waals surface area contributed by atoms with Gasteiger partial charge in [-0.25, -0.2) is 0 Å². The zero-order valence-electron chi connectivity index (χ0n) is 9.40. The van der Waals surface area contributed by atoms with Crippen molar-refractivity contribution in [2.75, 3.05) is 24.2 Å². The quantitative estimate of drug-likeness (QED) is 0.661. The van der Waals surface area contributed by atoms with Crippen LogP contribution in [0.4, 0.5) is 5.69 Å². The predicted molar refractivity (Wildman–Crippen MR) is 75.6 cm³/mol. The summed E-state index contributed by atoms with van der Waals surface area (Å²) in [7, 11) is 0. The minimum Gasteiger partial charge on any atom is -0.389 e. The van der Waals surface area contributed by atoms with Gasteiger partial charge in [-0.15, -0.1) is 11.8 Å². The summed E-state index contributed by atoms with van der Waals surface area (Å²) >= 11 is 6.75. The fraction of sp³-hybridized carbons (Fsp3) is 0.417. The molecule has 1 heterocycles. The number of nitrogens with zero attached hydrogens (tertiary/aromatic N) is 1. The fourth-order valence-corrected chi connectivity index (χ4v) is 2.93. The normalized spacial score (nSPS) is 15.4. The highest BCUT2D eigenvalue weighted by Crippen LogP contribution is 2.28. The fourth-order valence-electron chi connectivity index (χ4n) is 2.06. The molecule has 1 aromatic carbocycles. The Labute approximate surface area is 106 Å². The van der Waals surface area contributed by atoms with Crippen LogP contribution in [0.3, 0.4) is 0 Å². The molecule has 1 aromatic rings. The van der Waals surface area contributed by atoms with Crippen molar-refractivity contribution in [2.24, 2.45) is 5.73 Å². The molecule has 0 bridgehead atoms. The van der Waals surface area contributed by atoms with Crippen molar-refractivity contribution in [3.8, 4) is 0 Å². The summed E-state index contributed by atoms with van der Waals surface area (Å²) in [5.74, 6) is 0. The lowest BCUT2D eigenvalue weighted by atomic mass is 10.2. The second kappa shape index (κ2) is 5.06. The van der Waals surface area contributed by atoms with Crippen LogP contribution in [0.15, 0.2) is 23.1 Å². The molecule has 2 nitrogen and oxygen atoms in total. The molecule has 1 aliphatic rings. The second-order valence-electron chi connectivity index (χ2n) is 3.94. The summed E-state index contributed by atoms with van der Waals surface area (Å²) in [6, 6.07) is 6.37. The highest BCUT2D eigenvalue weighted by atomic mass is 32.2. The maximum Gasteiger partial charge on any atom is 0.105 e. The molecule has 0 radical (unpaired) electrons. The largest absolute Gasteiger partial charge is 0.389 e. The van der Waals surface area contributed by atoms with Crippen LogP contribution in [0.25, 0.3) is 0 Å². The summed E-state index contributed by atoms with van der Waals surface area (Å²) in [6.07, 6.45) is 4.65. The smallest absolute Gasteiger partial charge is 0.105 e. The van der Waals surface area contributed by atoms with Crippen molar-refractivity contribution in [1.29, 1.82) is 0 Å². The van der Waals surface area contributed by atoms with Crippen LogP contribution >= 0.6 is 24.0 Å². The molecule has 2 N–H and O–H groups in total. The Kier molecular flexibility index (Phi) is 3.71. The molecule has 4 heteroatoms. The first-order valence-electron chi connectivity index (χ1n) is 5.45. The van der Waals surface area contributed by atoms with Crippen molar-refractivity contribution < 1.29 is 0 Å². The van der Waals surface area contributed by atoms with Crippen molar-refractivity contribution >= 4 is 34.7 Å². The van der Waals surface area contributed by atoms with Crippen molar-refractivity contribution in [3.05, 3.63) is 23.8 Å². The van der Waals surface area contributed by atoms with Gasteiger partial charge < -0.3 is 10.6 Å². The van der Waals surface area contributed by atoms with Crippen LogP contribution in [-0.4, -0.2) is 24.3 Å². The number of hydrogen-bond acceptors (Lipinski definition) is 3. The van der Waals surface area contributed by atoms with E-state index in [1.165, 1.54) is 36.5 Å². The van der Waals surface area contributed by atoms with E-state index in [0.717, 1.165) is 5.56 Å². The number of thiocarbonyl (C=S) groups is 1. The first kappa shape index (κ1) is 11.7. The van der Waals surface area contributed by atoms with Crippen LogP contribution in [0.1, 0.15) is 18.4 Å². The molecular weight excluding hydrogens is 236 g/mol. The Morgan fingerprint density at radius 2 is 2.06 bits per heavy atom. The SMILES string of the molecule is CSc1cc(N2CCCC2)ccc1C(N)=S. The molecule has 1 saturated heterocycles. The molecule has 0 amide bonds. The Hall–Kier alpha value is -0.740. The van der Waals surface area contributed by atoms with Crippen LogP contribution < -0.4 is 10.6 Å². The van der Waals surface area contributed by atoms with Crippen LogP contribution in [0, 0.1) is 0 Å². The minimum absolute atomic E-state index is 0.484. The number of rotatable bonds is 3. The van der Waals surface area contributed by atoms with E-state index < -0.39 is 0 Å². The molecule has 86 valence electrons. The van der Waals surface area contributed by atoms with E-state index >= 15 is 0 Å². The molecule has 2 rings (SSSR count).